The molecular formula is C22H24FN3O3S2. The molecule has 9 heteroatoms. The molecule has 3 aromatic rings. The third-order valence-corrected chi connectivity index (χ3v) is 7.68. The predicted molar refractivity (Wildman–Crippen MR) is 121 cm³/mol. The summed E-state index contributed by atoms with van der Waals surface area (Å²) in [7, 11) is -4.18. The number of para-hydroxylation sites is 1. The van der Waals surface area contributed by atoms with Gasteiger partial charge < -0.3 is 9.88 Å². The van der Waals surface area contributed by atoms with Gasteiger partial charge in [0.05, 0.1) is 0 Å². The standard InChI is InChI=1S/C22H24FN3O3S2/c1-30-13-11-20(25-31(28,29)21-9-5-3-7-17(21)23)22(27)26-12-10-19-16(14-26)15-6-2-4-8-18(15)24-19/h2-9,20,24-25H,10-14H2,1H3. The van der Waals surface area contributed by atoms with Crippen molar-refractivity contribution in [3.05, 3.63) is 65.6 Å². The Kier molecular flexibility index (Phi) is 6.36. The van der Waals surface area contributed by atoms with Crippen LogP contribution in [0.15, 0.2) is 53.4 Å². The average Bonchev–Trinajstić information content (AvgIpc) is 3.14. The number of carbonyl (C=O) groups is 1. The van der Waals surface area contributed by atoms with Crippen LogP contribution < -0.4 is 4.72 Å². The van der Waals surface area contributed by atoms with Gasteiger partial charge in [-0.25, -0.2) is 12.8 Å². The molecule has 1 aliphatic heterocycles. The van der Waals surface area contributed by atoms with E-state index < -0.39 is 26.8 Å². The second-order valence-electron chi connectivity index (χ2n) is 7.52. The summed E-state index contributed by atoms with van der Waals surface area (Å²) in [6, 6.07) is 12.2. The number of aromatic nitrogens is 1. The second kappa shape index (κ2) is 9.02. The van der Waals surface area contributed by atoms with E-state index in [1.54, 1.807) is 4.90 Å². The molecule has 1 aromatic heterocycles. The highest BCUT2D eigenvalue weighted by Gasteiger charge is 2.32. The van der Waals surface area contributed by atoms with Crippen molar-refractivity contribution in [1.82, 2.24) is 14.6 Å². The highest BCUT2D eigenvalue weighted by Crippen LogP contribution is 2.28. The zero-order valence-electron chi connectivity index (χ0n) is 17.1. The molecule has 2 N–H and O–H groups in total. The molecule has 1 amide bonds. The van der Waals surface area contributed by atoms with Gasteiger partial charge in [-0.3, -0.25) is 4.79 Å². The molecule has 4 rings (SSSR count). The maximum absolute atomic E-state index is 14.1. The van der Waals surface area contributed by atoms with E-state index in [1.165, 1.54) is 30.0 Å². The number of amides is 1. The van der Waals surface area contributed by atoms with Crippen LogP contribution in [0.25, 0.3) is 10.9 Å². The van der Waals surface area contributed by atoms with E-state index in [4.69, 9.17) is 0 Å². The number of halogens is 1. The Hall–Kier alpha value is -2.36. The lowest BCUT2D eigenvalue weighted by Gasteiger charge is -2.31. The van der Waals surface area contributed by atoms with Gasteiger partial charge in [0.1, 0.15) is 16.8 Å². The van der Waals surface area contributed by atoms with Crippen LogP contribution in [0, 0.1) is 5.82 Å². The molecule has 164 valence electrons. The normalized spacial score (nSPS) is 15.1. The van der Waals surface area contributed by atoms with Crippen molar-refractivity contribution in [3.63, 3.8) is 0 Å². The summed E-state index contributed by atoms with van der Waals surface area (Å²) in [6.45, 7) is 0.908. The number of fused-ring (bicyclic) bond motifs is 3. The Morgan fingerprint density at radius 3 is 2.74 bits per heavy atom. The van der Waals surface area contributed by atoms with Crippen molar-refractivity contribution in [2.24, 2.45) is 0 Å². The highest BCUT2D eigenvalue weighted by atomic mass is 32.2. The molecule has 31 heavy (non-hydrogen) atoms. The summed E-state index contributed by atoms with van der Waals surface area (Å²) >= 11 is 1.53. The Morgan fingerprint density at radius 1 is 1.23 bits per heavy atom. The topological polar surface area (TPSA) is 82.3 Å². The van der Waals surface area contributed by atoms with Gasteiger partial charge in [0.15, 0.2) is 0 Å². The Morgan fingerprint density at radius 2 is 1.97 bits per heavy atom. The fourth-order valence-corrected chi connectivity index (χ4v) is 5.73. The van der Waals surface area contributed by atoms with Crippen molar-refractivity contribution in [1.29, 1.82) is 0 Å². The van der Waals surface area contributed by atoms with Crippen LogP contribution in [0.4, 0.5) is 4.39 Å². The van der Waals surface area contributed by atoms with Gasteiger partial charge in [-0.15, -0.1) is 0 Å². The Balaban J connectivity index is 1.58. The number of sulfonamides is 1. The van der Waals surface area contributed by atoms with Crippen LogP contribution >= 0.6 is 11.8 Å². The number of H-pyrrole nitrogens is 1. The van der Waals surface area contributed by atoms with E-state index >= 15 is 0 Å². The van der Waals surface area contributed by atoms with Crippen LogP contribution in [0.2, 0.25) is 0 Å². The van der Waals surface area contributed by atoms with Crippen LogP contribution in [-0.2, 0) is 27.8 Å². The third kappa shape index (κ3) is 4.49. The summed E-state index contributed by atoms with van der Waals surface area (Å²) in [4.78, 5) is 18.0. The van der Waals surface area contributed by atoms with Crippen molar-refractivity contribution < 1.29 is 17.6 Å². The lowest BCUT2D eigenvalue weighted by atomic mass is 10.0. The fourth-order valence-electron chi connectivity index (χ4n) is 3.96. The van der Waals surface area contributed by atoms with E-state index in [0.717, 1.165) is 28.2 Å². The number of aromatic amines is 1. The zero-order valence-corrected chi connectivity index (χ0v) is 18.7. The van der Waals surface area contributed by atoms with Gasteiger partial charge in [-0.1, -0.05) is 30.3 Å². The molecule has 1 atom stereocenters. The van der Waals surface area contributed by atoms with Crippen molar-refractivity contribution in [2.45, 2.75) is 30.3 Å². The van der Waals surface area contributed by atoms with Crippen LogP contribution in [-0.4, -0.2) is 48.8 Å². The summed E-state index contributed by atoms with van der Waals surface area (Å²) < 4.78 is 42.2. The maximum Gasteiger partial charge on any atom is 0.244 e. The molecule has 0 bridgehead atoms. The monoisotopic (exact) mass is 461 g/mol. The first-order valence-electron chi connectivity index (χ1n) is 10.0. The lowest BCUT2D eigenvalue weighted by molar-refractivity contribution is -0.134. The summed E-state index contributed by atoms with van der Waals surface area (Å²) in [6.07, 6.45) is 2.89. The molecule has 1 aliphatic rings. The molecule has 0 fully saturated rings. The molecule has 0 saturated heterocycles. The summed E-state index contributed by atoms with van der Waals surface area (Å²) in [5.41, 5.74) is 3.20. The smallest absolute Gasteiger partial charge is 0.244 e. The highest BCUT2D eigenvalue weighted by molar-refractivity contribution is 7.98. The minimum atomic E-state index is -4.18. The van der Waals surface area contributed by atoms with E-state index in [-0.39, 0.29) is 5.91 Å². The van der Waals surface area contributed by atoms with Crippen molar-refractivity contribution in [3.8, 4) is 0 Å². The van der Waals surface area contributed by atoms with Gasteiger partial charge in [0.25, 0.3) is 0 Å². The van der Waals surface area contributed by atoms with Crippen LogP contribution in [0.3, 0.4) is 0 Å². The third-order valence-electron chi connectivity index (χ3n) is 5.53. The second-order valence-corrected chi connectivity index (χ2v) is 10.2. The van der Waals surface area contributed by atoms with E-state index in [0.29, 0.717) is 31.7 Å². The van der Waals surface area contributed by atoms with Gasteiger partial charge in [0.2, 0.25) is 15.9 Å². The molecule has 0 aliphatic carbocycles. The number of carbonyl (C=O) groups excluding carboxylic acids is 1. The molecule has 0 radical (unpaired) electrons. The molecule has 6 nitrogen and oxygen atoms in total. The first-order chi connectivity index (χ1) is 14.9. The van der Waals surface area contributed by atoms with Crippen LogP contribution in [0.1, 0.15) is 17.7 Å². The molecule has 0 spiro atoms. The van der Waals surface area contributed by atoms with Crippen LogP contribution in [0.5, 0.6) is 0 Å². The Bertz CT molecular complexity index is 1210. The van der Waals surface area contributed by atoms with Crippen molar-refractivity contribution in [2.75, 3.05) is 18.6 Å². The average molecular weight is 462 g/mol. The number of rotatable bonds is 7. The number of thioether (sulfide) groups is 1. The van der Waals surface area contributed by atoms with Gasteiger partial charge in [0, 0.05) is 41.7 Å². The number of nitrogens with zero attached hydrogens (tertiary/aromatic N) is 1. The van der Waals surface area contributed by atoms with E-state index in [9.17, 15) is 17.6 Å². The largest absolute Gasteiger partial charge is 0.358 e. The number of hydrogen-bond donors (Lipinski definition) is 2. The summed E-state index contributed by atoms with van der Waals surface area (Å²) in [5, 5.41) is 1.07. The molecule has 0 saturated carbocycles. The molecular weight excluding hydrogens is 437 g/mol. The van der Waals surface area contributed by atoms with E-state index in [1.807, 2.05) is 30.5 Å². The number of benzene rings is 2. The quantitative estimate of drug-likeness (QED) is 0.566. The molecule has 2 aromatic carbocycles. The number of hydrogen-bond acceptors (Lipinski definition) is 4. The minimum absolute atomic E-state index is 0.287. The first kappa shape index (κ1) is 21.9. The van der Waals surface area contributed by atoms with Gasteiger partial charge in [-0.2, -0.15) is 16.5 Å². The summed E-state index contributed by atoms with van der Waals surface area (Å²) in [5.74, 6) is -0.528. The SMILES string of the molecule is CSCCC(NS(=O)(=O)c1ccccc1F)C(=O)N1CCc2[nH]c3ccccc3c2C1. The molecule has 1 unspecified atom stereocenters. The van der Waals surface area contributed by atoms with E-state index in [2.05, 4.69) is 9.71 Å². The fraction of sp³-hybridized carbons (Fsp3) is 0.318. The predicted octanol–water partition coefficient (Wildman–Crippen LogP) is 3.29. The van der Waals surface area contributed by atoms with Gasteiger partial charge in [-0.05, 0) is 36.6 Å². The lowest BCUT2D eigenvalue weighted by Crippen LogP contribution is -2.50. The molecule has 2 heterocycles. The minimum Gasteiger partial charge on any atom is -0.358 e. The van der Waals surface area contributed by atoms with Gasteiger partial charge >= 0.3 is 0 Å². The number of nitrogens with one attached hydrogen (secondary N) is 2. The maximum atomic E-state index is 14.1. The van der Waals surface area contributed by atoms with Crippen molar-refractivity contribution >= 4 is 38.6 Å². The Labute approximate surface area is 185 Å². The zero-order chi connectivity index (χ0) is 22.0. The first-order valence-corrected chi connectivity index (χ1v) is 12.9.